The lowest BCUT2D eigenvalue weighted by Gasteiger charge is -2.29. The van der Waals surface area contributed by atoms with E-state index in [0.29, 0.717) is 18.5 Å². The fourth-order valence-electron chi connectivity index (χ4n) is 3.02. The molecule has 1 aromatic rings. The summed E-state index contributed by atoms with van der Waals surface area (Å²) in [5.41, 5.74) is -0.321. The van der Waals surface area contributed by atoms with Gasteiger partial charge in [0.1, 0.15) is 5.60 Å². The Balaban J connectivity index is 2.04. The summed E-state index contributed by atoms with van der Waals surface area (Å²) in [4.78, 5) is 4.62. The minimum atomic E-state index is -0.321. The minimum absolute atomic E-state index is 0.321. The van der Waals surface area contributed by atoms with Gasteiger partial charge in [0, 0.05) is 25.6 Å². The van der Waals surface area contributed by atoms with E-state index in [1.807, 2.05) is 6.92 Å². The molecule has 0 saturated heterocycles. The smallest absolute Gasteiger partial charge is 0.228 e. The third-order valence-corrected chi connectivity index (χ3v) is 4.10. The van der Waals surface area contributed by atoms with Crippen molar-refractivity contribution in [1.82, 2.24) is 15.5 Å². The third kappa shape index (κ3) is 4.51. The standard InChI is InChI=1S/C16H29N3O2/c1-4-20-16(10-7-5-6-8-11-16)15-18-14(21-19-15)9-12-17-13(2)3/h13,17H,4-12H2,1-3H3. The predicted octanol–water partition coefficient (Wildman–Crippen LogP) is 3.20. The monoisotopic (exact) mass is 295 g/mol. The van der Waals surface area contributed by atoms with Gasteiger partial charge in [0.05, 0.1) is 0 Å². The molecule has 2 rings (SSSR count). The Morgan fingerprint density at radius 2 is 1.95 bits per heavy atom. The first kappa shape index (κ1) is 16.4. The van der Waals surface area contributed by atoms with Gasteiger partial charge in [0.15, 0.2) is 0 Å². The van der Waals surface area contributed by atoms with E-state index < -0.39 is 0 Å². The molecule has 5 heteroatoms. The molecule has 1 aliphatic carbocycles. The van der Waals surface area contributed by atoms with Crippen LogP contribution in [0.5, 0.6) is 0 Å². The quantitative estimate of drug-likeness (QED) is 0.783. The van der Waals surface area contributed by atoms with Crippen LogP contribution in [0.15, 0.2) is 4.52 Å². The van der Waals surface area contributed by atoms with E-state index in [4.69, 9.17) is 9.26 Å². The largest absolute Gasteiger partial charge is 0.367 e. The molecular weight excluding hydrogens is 266 g/mol. The molecule has 0 amide bonds. The van der Waals surface area contributed by atoms with Crippen molar-refractivity contribution in [3.63, 3.8) is 0 Å². The molecule has 1 heterocycles. The summed E-state index contributed by atoms with van der Waals surface area (Å²) in [5.74, 6) is 1.47. The lowest BCUT2D eigenvalue weighted by Crippen LogP contribution is -2.31. The maximum Gasteiger partial charge on any atom is 0.228 e. The number of ether oxygens (including phenoxy) is 1. The highest BCUT2D eigenvalue weighted by atomic mass is 16.5. The summed E-state index contributed by atoms with van der Waals surface area (Å²) in [7, 11) is 0. The molecule has 0 unspecified atom stereocenters. The van der Waals surface area contributed by atoms with Crippen molar-refractivity contribution in [2.24, 2.45) is 0 Å². The van der Waals surface area contributed by atoms with Gasteiger partial charge in [0.25, 0.3) is 0 Å². The summed E-state index contributed by atoms with van der Waals surface area (Å²) >= 11 is 0. The van der Waals surface area contributed by atoms with Crippen molar-refractivity contribution in [3.8, 4) is 0 Å². The van der Waals surface area contributed by atoms with Crippen LogP contribution in [0.25, 0.3) is 0 Å². The fraction of sp³-hybridized carbons (Fsp3) is 0.875. The molecule has 0 radical (unpaired) electrons. The Kier molecular flexibility index (Phi) is 6.18. The molecule has 120 valence electrons. The van der Waals surface area contributed by atoms with Gasteiger partial charge in [-0.25, -0.2) is 0 Å². The van der Waals surface area contributed by atoms with Crippen LogP contribution < -0.4 is 5.32 Å². The van der Waals surface area contributed by atoms with Crippen LogP contribution in [-0.2, 0) is 16.8 Å². The lowest BCUT2D eigenvalue weighted by molar-refractivity contribution is -0.0636. The van der Waals surface area contributed by atoms with Gasteiger partial charge in [-0.3, -0.25) is 0 Å². The molecule has 5 nitrogen and oxygen atoms in total. The third-order valence-electron chi connectivity index (χ3n) is 4.10. The molecule has 1 fully saturated rings. The van der Waals surface area contributed by atoms with Gasteiger partial charge in [0.2, 0.25) is 11.7 Å². The Morgan fingerprint density at radius 3 is 2.57 bits per heavy atom. The van der Waals surface area contributed by atoms with Crippen LogP contribution in [0.3, 0.4) is 0 Å². The second kappa shape index (κ2) is 7.90. The Morgan fingerprint density at radius 1 is 1.24 bits per heavy atom. The summed E-state index contributed by atoms with van der Waals surface area (Å²) in [5, 5.41) is 7.60. The summed E-state index contributed by atoms with van der Waals surface area (Å²) < 4.78 is 11.5. The normalized spacial score (nSPS) is 18.9. The first-order valence-electron chi connectivity index (χ1n) is 8.37. The zero-order chi connectivity index (χ0) is 15.1. The topological polar surface area (TPSA) is 60.2 Å². The first-order valence-corrected chi connectivity index (χ1v) is 8.37. The molecule has 1 N–H and O–H groups in total. The minimum Gasteiger partial charge on any atom is -0.367 e. The second-order valence-electron chi connectivity index (χ2n) is 6.21. The molecule has 0 atom stereocenters. The van der Waals surface area contributed by atoms with Crippen molar-refractivity contribution < 1.29 is 9.26 Å². The van der Waals surface area contributed by atoms with Crippen molar-refractivity contribution in [2.45, 2.75) is 77.4 Å². The Hall–Kier alpha value is -0.940. The van der Waals surface area contributed by atoms with Crippen LogP contribution in [-0.4, -0.2) is 29.3 Å². The van der Waals surface area contributed by atoms with Gasteiger partial charge < -0.3 is 14.6 Å². The van der Waals surface area contributed by atoms with Crippen molar-refractivity contribution in [2.75, 3.05) is 13.2 Å². The van der Waals surface area contributed by atoms with E-state index in [-0.39, 0.29) is 5.60 Å². The summed E-state index contributed by atoms with van der Waals surface area (Å²) in [6, 6.07) is 0.476. The number of aromatic nitrogens is 2. The molecule has 0 aliphatic heterocycles. The Bertz CT molecular complexity index is 409. The predicted molar refractivity (Wildman–Crippen MR) is 82.1 cm³/mol. The summed E-state index contributed by atoms with van der Waals surface area (Å²) in [6.07, 6.45) is 7.69. The Labute approximate surface area is 127 Å². The van der Waals surface area contributed by atoms with E-state index in [1.54, 1.807) is 0 Å². The van der Waals surface area contributed by atoms with Crippen LogP contribution in [0.1, 0.15) is 71.0 Å². The zero-order valence-corrected chi connectivity index (χ0v) is 13.7. The molecule has 1 aliphatic rings. The number of nitrogens with zero attached hydrogens (tertiary/aromatic N) is 2. The molecule has 0 aromatic carbocycles. The highest BCUT2D eigenvalue weighted by Crippen LogP contribution is 2.37. The van der Waals surface area contributed by atoms with E-state index in [9.17, 15) is 0 Å². The van der Waals surface area contributed by atoms with Gasteiger partial charge in [-0.1, -0.05) is 44.7 Å². The second-order valence-corrected chi connectivity index (χ2v) is 6.21. The maximum absolute atomic E-state index is 6.09. The van der Waals surface area contributed by atoms with Crippen molar-refractivity contribution >= 4 is 0 Å². The lowest BCUT2D eigenvalue weighted by atomic mass is 9.93. The van der Waals surface area contributed by atoms with E-state index in [0.717, 1.165) is 31.6 Å². The number of nitrogens with one attached hydrogen (secondary N) is 1. The molecule has 0 bridgehead atoms. The first-order chi connectivity index (χ1) is 10.2. The van der Waals surface area contributed by atoms with Gasteiger partial charge in [-0.05, 0) is 19.8 Å². The number of hydrogen-bond donors (Lipinski definition) is 1. The van der Waals surface area contributed by atoms with Crippen LogP contribution in [0.2, 0.25) is 0 Å². The molecule has 1 saturated carbocycles. The molecular formula is C16H29N3O2. The molecule has 0 spiro atoms. The van der Waals surface area contributed by atoms with E-state index in [1.165, 1.54) is 25.7 Å². The molecule has 1 aromatic heterocycles. The van der Waals surface area contributed by atoms with E-state index in [2.05, 4.69) is 29.3 Å². The van der Waals surface area contributed by atoms with Crippen molar-refractivity contribution in [3.05, 3.63) is 11.7 Å². The summed E-state index contributed by atoms with van der Waals surface area (Å²) in [6.45, 7) is 7.86. The fourth-order valence-corrected chi connectivity index (χ4v) is 3.02. The average Bonchev–Trinajstić information content (AvgIpc) is 2.79. The SMILES string of the molecule is CCOC1(c2noc(CCNC(C)C)n2)CCCCCC1. The van der Waals surface area contributed by atoms with Crippen LogP contribution >= 0.6 is 0 Å². The van der Waals surface area contributed by atoms with Gasteiger partial charge in [-0.15, -0.1) is 0 Å². The van der Waals surface area contributed by atoms with Gasteiger partial charge in [-0.2, -0.15) is 4.98 Å². The number of hydrogen-bond acceptors (Lipinski definition) is 5. The molecule has 21 heavy (non-hydrogen) atoms. The average molecular weight is 295 g/mol. The van der Waals surface area contributed by atoms with Crippen molar-refractivity contribution in [1.29, 1.82) is 0 Å². The van der Waals surface area contributed by atoms with Crippen LogP contribution in [0.4, 0.5) is 0 Å². The maximum atomic E-state index is 6.09. The van der Waals surface area contributed by atoms with Crippen LogP contribution in [0, 0.1) is 0 Å². The number of rotatable bonds is 7. The highest BCUT2D eigenvalue weighted by molar-refractivity contribution is 5.03. The zero-order valence-electron chi connectivity index (χ0n) is 13.7. The van der Waals surface area contributed by atoms with E-state index >= 15 is 0 Å². The highest BCUT2D eigenvalue weighted by Gasteiger charge is 2.38. The van der Waals surface area contributed by atoms with Gasteiger partial charge >= 0.3 is 0 Å².